The predicted molar refractivity (Wildman–Crippen MR) is 56.1 cm³/mol. The Bertz CT molecular complexity index is 148. The zero-order valence-corrected chi connectivity index (χ0v) is 9.30. The standard InChI is InChI=1S/C10H20ClNO/c1-8(5-11)6-12(2)7-9-3-10(13)4-9/h8-10,13H,3-7H2,1-2H3. The molecule has 0 bridgehead atoms. The molecule has 1 fully saturated rings. The third-order valence-electron chi connectivity index (χ3n) is 2.67. The Hall–Kier alpha value is 0.210. The van der Waals surface area contributed by atoms with Crippen LogP contribution in [0.5, 0.6) is 0 Å². The van der Waals surface area contributed by atoms with Crippen molar-refractivity contribution < 1.29 is 5.11 Å². The van der Waals surface area contributed by atoms with E-state index in [1.807, 2.05) is 0 Å². The molecule has 0 saturated heterocycles. The van der Waals surface area contributed by atoms with Crippen molar-refractivity contribution in [1.29, 1.82) is 0 Å². The molecule has 1 aliphatic rings. The lowest BCUT2D eigenvalue weighted by molar-refractivity contribution is 0.0271. The normalized spacial score (nSPS) is 30.2. The maximum Gasteiger partial charge on any atom is 0.0546 e. The van der Waals surface area contributed by atoms with Gasteiger partial charge < -0.3 is 10.0 Å². The van der Waals surface area contributed by atoms with E-state index in [2.05, 4.69) is 18.9 Å². The smallest absolute Gasteiger partial charge is 0.0546 e. The Morgan fingerprint density at radius 2 is 2.15 bits per heavy atom. The van der Waals surface area contributed by atoms with Crippen LogP contribution in [-0.4, -0.2) is 42.1 Å². The maximum absolute atomic E-state index is 9.12. The Balaban J connectivity index is 2.07. The lowest BCUT2D eigenvalue weighted by Crippen LogP contribution is -2.38. The molecule has 0 radical (unpaired) electrons. The fourth-order valence-corrected chi connectivity index (χ4v) is 2.04. The molecule has 1 atom stereocenters. The molecule has 2 nitrogen and oxygen atoms in total. The topological polar surface area (TPSA) is 23.5 Å². The van der Waals surface area contributed by atoms with Gasteiger partial charge in [-0.25, -0.2) is 0 Å². The van der Waals surface area contributed by atoms with Gasteiger partial charge in [-0.15, -0.1) is 11.6 Å². The number of aliphatic hydroxyl groups is 1. The second-order valence-electron chi connectivity index (χ2n) is 4.47. The van der Waals surface area contributed by atoms with E-state index in [-0.39, 0.29) is 6.10 Å². The van der Waals surface area contributed by atoms with Gasteiger partial charge in [0.2, 0.25) is 0 Å². The molecule has 1 rings (SSSR count). The molecule has 0 spiro atoms. The maximum atomic E-state index is 9.12. The summed E-state index contributed by atoms with van der Waals surface area (Å²) in [6.07, 6.45) is 1.95. The van der Waals surface area contributed by atoms with E-state index in [0.29, 0.717) is 11.8 Å². The molecule has 1 unspecified atom stereocenters. The number of rotatable bonds is 5. The van der Waals surface area contributed by atoms with Crippen molar-refractivity contribution in [3.63, 3.8) is 0 Å². The van der Waals surface area contributed by atoms with Crippen LogP contribution in [0.15, 0.2) is 0 Å². The number of halogens is 1. The third-order valence-corrected chi connectivity index (χ3v) is 3.19. The van der Waals surface area contributed by atoms with Crippen LogP contribution in [0.3, 0.4) is 0 Å². The van der Waals surface area contributed by atoms with E-state index >= 15 is 0 Å². The van der Waals surface area contributed by atoms with Crippen LogP contribution < -0.4 is 0 Å². The predicted octanol–water partition coefficient (Wildman–Crippen LogP) is 1.56. The minimum Gasteiger partial charge on any atom is -0.393 e. The molecule has 0 heterocycles. The van der Waals surface area contributed by atoms with Gasteiger partial charge in [0.25, 0.3) is 0 Å². The van der Waals surface area contributed by atoms with Crippen molar-refractivity contribution in [1.82, 2.24) is 4.90 Å². The largest absolute Gasteiger partial charge is 0.393 e. The second-order valence-corrected chi connectivity index (χ2v) is 4.78. The van der Waals surface area contributed by atoms with Crippen LogP contribution in [0.2, 0.25) is 0 Å². The minimum absolute atomic E-state index is 0.0242. The zero-order chi connectivity index (χ0) is 9.84. The first kappa shape index (κ1) is 11.3. The summed E-state index contributed by atoms with van der Waals surface area (Å²) in [6.45, 7) is 4.34. The summed E-state index contributed by atoms with van der Waals surface area (Å²) < 4.78 is 0. The fraction of sp³-hybridized carbons (Fsp3) is 1.00. The van der Waals surface area contributed by atoms with Gasteiger partial charge in [-0.2, -0.15) is 0 Å². The number of aliphatic hydroxyl groups excluding tert-OH is 1. The lowest BCUT2D eigenvalue weighted by Gasteiger charge is -2.35. The molecule has 0 aliphatic heterocycles. The van der Waals surface area contributed by atoms with Gasteiger partial charge in [-0.05, 0) is 31.7 Å². The van der Waals surface area contributed by atoms with Gasteiger partial charge in [0.1, 0.15) is 0 Å². The highest BCUT2D eigenvalue weighted by Gasteiger charge is 2.27. The summed E-state index contributed by atoms with van der Waals surface area (Å²) in [5, 5.41) is 9.12. The van der Waals surface area contributed by atoms with E-state index in [1.54, 1.807) is 0 Å². The highest BCUT2D eigenvalue weighted by Crippen LogP contribution is 2.27. The third kappa shape index (κ3) is 3.84. The SMILES string of the molecule is CC(CCl)CN(C)CC1CC(O)C1. The molecule has 0 aromatic carbocycles. The van der Waals surface area contributed by atoms with E-state index in [9.17, 15) is 0 Å². The molecule has 3 heteroatoms. The van der Waals surface area contributed by atoms with Gasteiger partial charge in [-0.1, -0.05) is 6.92 Å². The first-order valence-electron chi connectivity index (χ1n) is 5.04. The van der Waals surface area contributed by atoms with E-state index in [4.69, 9.17) is 16.7 Å². The van der Waals surface area contributed by atoms with Crippen LogP contribution in [-0.2, 0) is 0 Å². The zero-order valence-electron chi connectivity index (χ0n) is 8.54. The van der Waals surface area contributed by atoms with Crippen LogP contribution >= 0.6 is 11.6 Å². The summed E-state index contributed by atoms with van der Waals surface area (Å²) >= 11 is 5.74. The summed E-state index contributed by atoms with van der Waals surface area (Å²) in [6, 6.07) is 0. The molecule has 1 N–H and O–H groups in total. The van der Waals surface area contributed by atoms with Gasteiger partial charge in [0.15, 0.2) is 0 Å². The summed E-state index contributed by atoms with van der Waals surface area (Å²) in [4.78, 5) is 2.32. The highest BCUT2D eigenvalue weighted by atomic mass is 35.5. The number of hydrogen-bond donors (Lipinski definition) is 1. The Labute approximate surface area is 85.9 Å². The van der Waals surface area contributed by atoms with Gasteiger partial charge in [-0.3, -0.25) is 0 Å². The first-order valence-corrected chi connectivity index (χ1v) is 5.57. The molecular formula is C10H20ClNO. The van der Waals surface area contributed by atoms with Crippen molar-refractivity contribution in [3.05, 3.63) is 0 Å². The van der Waals surface area contributed by atoms with Crippen molar-refractivity contribution in [2.45, 2.75) is 25.9 Å². The summed E-state index contributed by atoms with van der Waals surface area (Å²) in [5.41, 5.74) is 0. The average Bonchev–Trinajstić information content (AvgIpc) is 2.01. The van der Waals surface area contributed by atoms with Gasteiger partial charge in [0.05, 0.1) is 6.10 Å². The van der Waals surface area contributed by atoms with E-state index in [1.165, 1.54) is 0 Å². The van der Waals surface area contributed by atoms with Crippen molar-refractivity contribution in [2.75, 3.05) is 26.0 Å². The van der Waals surface area contributed by atoms with E-state index in [0.717, 1.165) is 31.8 Å². The number of alkyl halides is 1. The average molecular weight is 206 g/mol. The number of nitrogens with zero attached hydrogens (tertiary/aromatic N) is 1. The molecular weight excluding hydrogens is 186 g/mol. The molecule has 1 aliphatic carbocycles. The molecule has 1 saturated carbocycles. The minimum atomic E-state index is -0.0242. The molecule has 0 amide bonds. The molecule has 0 aromatic heterocycles. The molecule has 0 aromatic rings. The Morgan fingerprint density at radius 1 is 1.54 bits per heavy atom. The van der Waals surface area contributed by atoms with Crippen LogP contribution in [0.1, 0.15) is 19.8 Å². The van der Waals surface area contributed by atoms with E-state index < -0.39 is 0 Å². The summed E-state index contributed by atoms with van der Waals surface area (Å²) in [7, 11) is 2.13. The second kappa shape index (κ2) is 5.18. The Morgan fingerprint density at radius 3 is 2.62 bits per heavy atom. The van der Waals surface area contributed by atoms with Crippen LogP contribution in [0.4, 0.5) is 0 Å². The van der Waals surface area contributed by atoms with Crippen molar-refractivity contribution in [3.8, 4) is 0 Å². The quantitative estimate of drug-likeness (QED) is 0.689. The van der Waals surface area contributed by atoms with Crippen molar-refractivity contribution >= 4 is 11.6 Å². The highest BCUT2D eigenvalue weighted by molar-refractivity contribution is 6.18. The monoisotopic (exact) mass is 205 g/mol. The number of hydrogen-bond acceptors (Lipinski definition) is 2. The molecule has 13 heavy (non-hydrogen) atoms. The summed E-state index contributed by atoms with van der Waals surface area (Å²) in [5.74, 6) is 2.01. The Kier molecular flexibility index (Phi) is 4.50. The van der Waals surface area contributed by atoms with Gasteiger partial charge >= 0.3 is 0 Å². The molecule has 78 valence electrons. The van der Waals surface area contributed by atoms with Gasteiger partial charge in [0, 0.05) is 19.0 Å². The van der Waals surface area contributed by atoms with Crippen LogP contribution in [0, 0.1) is 11.8 Å². The fourth-order valence-electron chi connectivity index (χ4n) is 1.95. The van der Waals surface area contributed by atoms with Crippen molar-refractivity contribution in [2.24, 2.45) is 11.8 Å². The first-order chi connectivity index (χ1) is 6.11. The van der Waals surface area contributed by atoms with Crippen LogP contribution in [0.25, 0.3) is 0 Å². The lowest BCUT2D eigenvalue weighted by atomic mass is 9.82.